The highest BCUT2D eigenvalue weighted by Gasteiger charge is 2.51. The van der Waals surface area contributed by atoms with Crippen LogP contribution in [0.3, 0.4) is 0 Å². The number of urea groups is 1. The van der Waals surface area contributed by atoms with Gasteiger partial charge in [0.15, 0.2) is 0 Å². The number of carboxylic acid groups (broad SMARTS) is 1. The van der Waals surface area contributed by atoms with Gasteiger partial charge in [-0.2, -0.15) is 0 Å². The van der Waals surface area contributed by atoms with E-state index in [1.165, 1.54) is 0 Å². The Morgan fingerprint density at radius 2 is 2.05 bits per heavy atom. The number of nitrogens with one attached hydrogen (secondary N) is 1. The highest BCUT2D eigenvalue weighted by atomic mass is 16.5. The number of hydrogen-bond donors (Lipinski definition) is 2. The van der Waals surface area contributed by atoms with Gasteiger partial charge in [0, 0.05) is 19.7 Å². The maximum absolute atomic E-state index is 12.5. The summed E-state index contributed by atoms with van der Waals surface area (Å²) in [5.74, 6) is -0.662. The minimum absolute atomic E-state index is 0.0260. The second-order valence-electron chi connectivity index (χ2n) is 6.26. The number of carbonyl (C=O) groups excluding carboxylic acids is 1. The van der Waals surface area contributed by atoms with Gasteiger partial charge in [-0.25, -0.2) is 4.79 Å². The molecule has 0 aromatic carbocycles. The molecule has 2 aliphatic rings. The Morgan fingerprint density at radius 1 is 1.38 bits per heavy atom. The van der Waals surface area contributed by atoms with E-state index in [0.29, 0.717) is 19.1 Å². The second-order valence-corrected chi connectivity index (χ2v) is 6.26. The number of rotatable bonds is 6. The fraction of sp³-hybridized carbons (Fsp3) is 0.867. The smallest absolute Gasteiger partial charge is 0.317 e. The molecule has 5 atom stereocenters. The molecule has 6 nitrogen and oxygen atoms in total. The van der Waals surface area contributed by atoms with Crippen molar-refractivity contribution in [1.29, 1.82) is 0 Å². The molecule has 5 unspecified atom stereocenters. The Hall–Kier alpha value is -1.30. The minimum Gasteiger partial charge on any atom is -0.481 e. The van der Waals surface area contributed by atoms with Crippen molar-refractivity contribution in [3.05, 3.63) is 0 Å². The van der Waals surface area contributed by atoms with Crippen molar-refractivity contribution in [3.63, 3.8) is 0 Å². The Morgan fingerprint density at radius 3 is 2.62 bits per heavy atom. The first-order chi connectivity index (χ1) is 9.99. The summed E-state index contributed by atoms with van der Waals surface area (Å²) in [6, 6.07) is -0.426. The van der Waals surface area contributed by atoms with E-state index in [2.05, 4.69) is 5.32 Å². The molecule has 21 heavy (non-hydrogen) atoms. The van der Waals surface area contributed by atoms with Gasteiger partial charge in [-0.3, -0.25) is 4.79 Å². The average Bonchev–Trinajstić information content (AvgIpc) is 3.00. The van der Waals surface area contributed by atoms with Crippen molar-refractivity contribution in [1.82, 2.24) is 10.2 Å². The molecule has 0 heterocycles. The van der Waals surface area contributed by atoms with E-state index in [1.54, 1.807) is 12.0 Å². The van der Waals surface area contributed by atoms with Gasteiger partial charge in [-0.15, -0.1) is 0 Å². The Balaban J connectivity index is 2.02. The molecular weight excluding hydrogens is 272 g/mol. The molecule has 0 spiro atoms. The molecule has 2 fully saturated rings. The molecule has 2 amide bonds. The average molecular weight is 298 g/mol. The van der Waals surface area contributed by atoms with Crippen LogP contribution in [0.5, 0.6) is 0 Å². The number of carboxylic acids is 1. The number of likely N-dealkylation sites (N-methyl/N-ethyl adjacent to an activating group) is 1. The monoisotopic (exact) mass is 298 g/mol. The van der Waals surface area contributed by atoms with Gasteiger partial charge in [0.2, 0.25) is 0 Å². The first-order valence-corrected chi connectivity index (χ1v) is 7.78. The molecule has 120 valence electrons. The number of aliphatic carboxylic acids is 1. The van der Waals surface area contributed by atoms with Crippen LogP contribution < -0.4 is 5.32 Å². The Kier molecular flexibility index (Phi) is 5.08. The van der Waals surface area contributed by atoms with Crippen molar-refractivity contribution in [3.8, 4) is 0 Å². The summed E-state index contributed by atoms with van der Waals surface area (Å²) >= 11 is 0. The van der Waals surface area contributed by atoms with Gasteiger partial charge in [-0.05, 0) is 44.9 Å². The summed E-state index contributed by atoms with van der Waals surface area (Å²) in [4.78, 5) is 25.6. The number of hydrogen-bond acceptors (Lipinski definition) is 3. The van der Waals surface area contributed by atoms with Crippen LogP contribution in [0.1, 0.15) is 33.1 Å². The zero-order chi connectivity index (χ0) is 15.6. The molecule has 2 bridgehead atoms. The maximum Gasteiger partial charge on any atom is 0.317 e. The van der Waals surface area contributed by atoms with Crippen molar-refractivity contribution in [2.45, 2.75) is 45.2 Å². The number of amides is 2. The minimum atomic E-state index is -0.777. The van der Waals surface area contributed by atoms with E-state index in [0.717, 1.165) is 19.3 Å². The number of ether oxygens (including phenoxy) is 1. The van der Waals surface area contributed by atoms with Gasteiger partial charge >= 0.3 is 12.0 Å². The number of fused-ring (bicyclic) bond motifs is 2. The van der Waals surface area contributed by atoms with E-state index in [-0.39, 0.29) is 24.0 Å². The lowest BCUT2D eigenvalue weighted by Crippen LogP contribution is -2.54. The molecule has 0 saturated heterocycles. The SMILES string of the molecule is CCN(C(=O)NC1C2CCC(C2)C1C(=O)O)C(C)COC. The third-order valence-corrected chi connectivity index (χ3v) is 5.03. The van der Waals surface area contributed by atoms with Gasteiger partial charge in [0.25, 0.3) is 0 Å². The third kappa shape index (κ3) is 3.15. The topological polar surface area (TPSA) is 78.9 Å². The third-order valence-electron chi connectivity index (χ3n) is 5.03. The lowest BCUT2D eigenvalue weighted by Gasteiger charge is -2.33. The van der Waals surface area contributed by atoms with Gasteiger partial charge in [0.1, 0.15) is 0 Å². The number of nitrogens with zero attached hydrogens (tertiary/aromatic N) is 1. The first kappa shape index (κ1) is 16.1. The predicted octanol–water partition coefficient (Wildman–Crippen LogP) is 1.55. The molecular formula is C15H26N2O4. The van der Waals surface area contributed by atoms with Gasteiger partial charge in [0.05, 0.1) is 18.6 Å². The summed E-state index contributed by atoms with van der Waals surface area (Å²) in [7, 11) is 1.61. The standard InChI is InChI=1S/C15H26N2O4/c1-4-17(9(2)8-21-3)15(20)16-13-11-6-5-10(7-11)12(13)14(18)19/h9-13H,4-8H2,1-3H3,(H,16,20)(H,18,19). The predicted molar refractivity (Wildman–Crippen MR) is 78.0 cm³/mol. The normalized spacial score (nSPS) is 32.0. The van der Waals surface area contributed by atoms with E-state index in [1.807, 2.05) is 13.8 Å². The zero-order valence-electron chi connectivity index (χ0n) is 13.0. The van der Waals surface area contributed by atoms with Crippen LogP contribution in [0.25, 0.3) is 0 Å². The van der Waals surface area contributed by atoms with Crippen LogP contribution in [0.4, 0.5) is 4.79 Å². The van der Waals surface area contributed by atoms with Crippen molar-refractivity contribution in [2.24, 2.45) is 17.8 Å². The van der Waals surface area contributed by atoms with Crippen LogP contribution in [0.2, 0.25) is 0 Å². The molecule has 0 aromatic heterocycles. The van der Waals surface area contributed by atoms with E-state index >= 15 is 0 Å². The van der Waals surface area contributed by atoms with Gasteiger partial charge in [-0.1, -0.05) is 0 Å². The summed E-state index contributed by atoms with van der Waals surface area (Å²) in [6.45, 7) is 4.90. The molecule has 0 radical (unpaired) electrons. The van der Waals surface area contributed by atoms with Crippen molar-refractivity contribution < 1.29 is 19.4 Å². The fourth-order valence-electron chi connectivity index (χ4n) is 4.07. The lowest BCUT2D eigenvalue weighted by atomic mass is 9.84. The second kappa shape index (κ2) is 6.64. The summed E-state index contributed by atoms with van der Waals surface area (Å²) < 4.78 is 5.10. The van der Waals surface area contributed by atoms with Crippen LogP contribution in [0.15, 0.2) is 0 Å². The Bertz CT molecular complexity index is 401. The van der Waals surface area contributed by atoms with Crippen molar-refractivity contribution >= 4 is 12.0 Å². The summed E-state index contributed by atoms with van der Waals surface area (Å²) in [5.41, 5.74) is 0. The number of methoxy groups -OCH3 is 1. The molecule has 2 saturated carbocycles. The summed E-state index contributed by atoms with van der Waals surface area (Å²) in [5, 5.41) is 12.4. The first-order valence-electron chi connectivity index (χ1n) is 7.78. The van der Waals surface area contributed by atoms with Crippen LogP contribution in [-0.2, 0) is 9.53 Å². The molecule has 6 heteroatoms. The van der Waals surface area contributed by atoms with Crippen molar-refractivity contribution in [2.75, 3.05) is 20.3 Å². The molecule has 2 aliphatic carbocycles. The van der Waals surface area contributed by atoms with Crippen LogP contribution in [0, 0.1) is 17.8 Å². The maximum atomic E-state index is 12.5. The largest absolute Gasteiger partial charge is 0.481 e. The van der Waals surface area contributed by atoms with Gasteiger partial charge < -0.3 is 20.1 Å². The number of carbonyl (C=O) groups is 2. The fourth-order valence-corrected chi connectivity index (χ4v) is 4.07. The highest BCUT2D eigenvalue weighted by Crippen LogP contribution is 2.48. The summed E-state index contributed by atoms with van der Waals surface area (Å²) in [6.07, 6.45) is 2.94. The van der Waals surface area contributed by atoms with E-state index in [4.69, 9.17) is 4.74 Å². The Labute approximate surface area is 125 Å². The van der Waals surface area contributed by atoms with Crippen LogP contribution >= 0.6 is 0 Å². The van der Waals surface area contributed by atoms with E-state index in [9.17, 15) is 14.7 Å². The molecule has 0 aliphatic heterocycles. The molecule has 0 aromatic rings. The molecule has 2 N–H and O–H groups in total. The lowest BCUT2D eigenvalue weighted by molar-refractivity contribution is -0.144. The quantitative estimate of drug-likeness (QED) is 0.780. The highest BCUT2D eigenvalue weighted by molar-refractivity contribution is 5.78. The van der Waals surface area contributed by atoms with E-state index < -0.39 is 11.9 Å². The van der Waals surface area contributed by atoms with Crippen LogP contribution in [-0.4, -0.2) is 54.4 Å². The molecule has 2 rings (SSSR count). The zero-order valence-corrected chi connectivity index (χ0v) is 13.0.